The first kappa shape index (κ1) is 31.5. The highest BCUT2D eigenvalue weighted by Crippen LogP contribution is 2.22. The number of carbonyl (C=O) groups is 3. The first-order chi connectivity index (χ1) is 20.6. The molecule has 9 nitrogen and oxygen atoms in total. The molecule has 4 N–H and O–H groups in total. The number of likely N-dealkylation sites (N-methyl/N-ethyl adjacent to an activating group) is 1. The molecule has 0 unspecified atom stereocenters. The van der Waals surface area contributed by atoms with Crippen molar-refractivity contribution in [1.29, 1.82) is 0 Å². The molecule has 3 aromatic carbocycles. The number of hydrogen-bond acceptors (Lipinski definition) is 6. The molecular formula is C34H40N4O5. The van der Waals surface area contributed by atoms with E-state index >= 15 is 0 Å². The molecule has 43 heavy (non-hydrogen) atoms. The zero-order valence-corrected chi connectivity index (χ0v) is 24.9. The minimum absolute atomic E-state index is 0.221. The Morgan fingerprint density at radius 2 is 1.56 bits per heavy atom. The highest BCUT2D eigenvalue weighted by atomic mass is 16.5. The summed E-state index contributed by atoms with van der Waals surface area (Å²) in [7, 11) is 3.62. The van der Waals surface area contributed by atoms with Gasteiger partial charge in [-0.3, -0.25) is 19.3 Å². The van der Waals surface area contributed by atoms with Crippen molar-refractivity contribution in [2.24, 2.45) is 5.92 Å². The number of hydrogen-bond donors (Lipinski definition) is 4. The van der Waals surface area contributed by atoms with E-state index in [2.05, 4.69) is 16.0 Å². The number of amides is 3. The fraction of sp³-hybridized carbons (Fsp3) is 0.324. The van der Waals surface area contributed by atoms with Gasteiger partial charge in [0.2, 0.25) is 17.7 Å². The molecular weight excluding hydrogens is 544 g/mol. The first-order valence-electron chi connectivity index (χ1n) is 14.4. The molecule has 2 bridgehead atoms. The lowest BCUT2D eigenvalue weighted by molar-refractivity contribution is -0.137. The maximum absolute atomic E-state index is 14.1. The number of nitrogens with zero attached hydrogens (tertiary/aromatic N) is 1. The minimum atomic E-state index is -1.36. The third kappa shape index (κ3) is 8.30. The Hall–Kier alpha value is -4.47. The Bertz CT molecular complexity index is 1390. The normalized spacial score (nSPS) is 21.2. The maximum atomic E-state index is 14.1. The first-order valence-corrected chi connectivity index (χ1v) is 14.4. The van der Waals surface area contributed by atoms with Crippen LogP contribution >= 0.6 is 0 Å². The summed E-state index contributed by atoms with van der Waals surface area (Å²) in [6, 6.07) is 22.3. The van der Waals surface area contributed by atoms with E-state index in [0.29, 0.717) is 17.7 Å². The van der Waals surface area contributed by atoms with Crippen LogP contribution in [0.25, 0.3) is 6.08 Å². The molecule has 3 amide bonds. The number of ether oxygens (including phenoxy) is 1. The van der Waals surface area contributed by atoms with Gasteiger partial charge in [-0.05, 0) is 61.3 Å². The Kier molecular flexibility index (Phi) is 10.7. The van der Waals surface area contributed by atoms with Crippen LogP contribution in [-0.2, 0) is 20.8 Å². The second-order valence-corrected chi connectivity index (χ2v) is 11.2. The molecule has 0 saturated heterocycles. The topological polar surface area (TPSA) is 120 Å². The number of aliphatic hydroxyl groups excluding tert-OH is 1. The number of nitrogens with one attached hydrogen (secondary N) is 3. The number of fused-ring (bicyclic) bond motifs is 10. The average Bonchev–Trinajstić information content (AvgIpc) is 3.00. The number of aliphatic hydroxyl groups is 1. The van der Waals surface area contributed by atoms with E-state index in [-0.39, 0.29) is 11.8 Å². The predicted octanol–water partition coefficient (Wildman–Crippen LogP) is 3.07. The van der Waals surface area contributed by atoms with E-state index in [9.17, 15) is 19.5 Å². The summed E-state index contributed by atoms with van der Waals surface area (Å²) in [6.07, 6.45) is 1.44. The second-order valence-electron chi connectivity index (χ2n) is 11.2. The fourth-order valence-electron chi connectivity index (χ4n) is 4.98. The van der Waals surface area contributed by atoms with Crippen molar-refractivity contribution in [3.63, 3.8) is 0 Å². The lowest BCUT2D eigenvalue weighted by atomic mass is 9.95. The minimum Gasteiger partial charge on any atom is -0.487 e. The summed E-state index contributed by atoms with van der Waals surface area (Å²) < 4.78 is 6.35. The van der Waals surface area contributed by atoms with E-state index in [0.717, 1.165) is 11.1 Å². The summed E-state index contributed by atoms with van der Waals surface area (Å²) in [6.45, 7) is 3.79. The Morgan fingerprint density at radius 1 is 0.930 bits per heavy atom. The van der Waals surface area contributed by atoms with Gasteiger partial charge in [0, 0.05) is 6.20 Å². The lowest BCUT2D eigenvalue weighted by Crippen LogP contribution is -2.62. The van der Waals surface area contributed by atoms with Crippen LogP contribution in [0.3, 0.4) is 0 Å². The largest absolute Gasteiger partial charge is 0.487 e. The van der Waals surface area contributed by atoms with Crippen molar-refractivity contribution in [2.75, 3.05) is 14.1 Å². The summed E-state index contributed by atoms with van der Waals surface area (Å²) in [5.41, 5.74) is 2.24. The average molecular weight is 585 g/mol. The van der Waals surface area contributed by atoms with E-state index in [1.54, 1.807) is 53.4 Å². The quantitative estimate of drug-likeness (QED) is 0.323. The van der Waals surface area contributed by atoms with Gasteiger partial charge in [0.15, 0.2) is 0 Å². The van der Waals surface area contributed by atoms with Gasteiger partial charge in [-0.2, -0.15) is 0 Å². The second kappa shape index (κ2) is 14.6. The van der Waals surface area contributed by atoms with Gasteiger partial charge in [0.1, 0.15) is 30.0 Å². The molecule has 0 aliphatic carbocycles. The number of carbonyl (C=O) groups excluding carboxylic acids is 3. The van der Waals surface area contributed by atoms with Crippen LogP contribution in [0.2, 0.25) is 0 Å². The lowest BCUT2D eigenvalue weighted by Gasteiger charge is -2.34. The number of rotatable bonds is 8. The fourth-order valence-corrected chi connectivity index (χ4v) is 4.98. The van der Waals surface area contributed by atoms with Crippen LogP contribution in [0, 0.1) is 5.92 Å². The predicted molar refractivity (Wildman–Crippen MR) is 166 cm³/mol. The van der Waals surface area contributed by atoms with Crippen LogP contribution in [0.4, 0.5) is 0 Å². The molecule has 2 aliphatic rings. The van der Waals surface area contributed by atoms with Crippen molar-refractivity contribution >= 4 is 23.8 Å². The molecule has 0 radical (unpaired) electrons. The summed E-state index contributed by atoms with van der Waals surface area (Å²) in [4.78, 5) is 43.1. The Labute approximate surface area is 252 Å². The SMILES string of the molecule is CC(C)[C@H]1Oc2ccc(cc2)/C=C\NC(=O)[C@@H]([C@@H](O)c2ccccc2)NC(=O)[C@@H]1NC(=O)[C@H](Cc1ccccc1)N(C)C. The molecule has 3 aromatic rings. The van der Waals surface area contributed by atoms with Gasteiger partial charge in [-0.15, -0.1) is 0 Å². The van der Waals surface area contributed by atoms with Gasteiger partial charge < -0.3 is 25.8 Å². The molecule has 5 rings (SSSR count). The molecule has 0 spiro atoms. The molecule has 2 heterocycles. The van der Waals surface area contributed by atoms with Gasteiger partial charge >= 0.3 is 0 Å². The molecule has 0 fully saturated rings. The van der Waals surface area contributed by atoms with E-state index in [1.165, 1.54) is 6.20 Å². The van der Waals surface area contributed by atoms with Crippen LogP contribution in [0.5, 0.6) is 5.75 Å². The van der Waals surface area contributed by atoms with Crippen LogP contribution < -0.4 is 20.7 Å². The molecule has 5 atom stereocenters. The zero-order chi connectivity index (χ0) is 30.9. The van der Waals surface area contributed by atoms with Gasteiger partial charge in [0.25, 0.3) is 0 Å². The van der Waals surface area contributed by atoms with E-state index in [1.807, 2.05) is 70.4 Å². The van der Waals surface area contributed by atoms with Crippen LogP contribution in [-0.4, -0.2) is 66.1 Å². The van der Waals surface area contributed by atoms with Crippen molar-refractivity contribution in [1.82, 2.24) is 20.9 Å². The smallest absolute Gasteiger partial charge is 0.249 e. The maximum Gasteiger partial charge on any atom is 0.249 e. The monoisotopic (exact) mass is 584 g/mol. The third-order valence-corrected chi connectivity index (χ3v) is 7.45. The van der Waals surface area contributed by atoms with Gasteiger partial charge in [-0.1, -0.05) is 86.6 Å². The number of benzene rings is 3. The highest BCUT2D eigenvalue weighted by Gasteiger charge is 2.39. The van der Waals surface area contributed by atoms with Crippen LogP contribution in [0.1, 0.15) is 36.6 Å². The standard InChI is InChI=1S/C34H40N4O5/c1-22(2)31-29(37-32(40)27(38(3)4)21-24-11-7-5-8-12-24)34(42)36-28(30(39)25-13-9-6-10-14-25)33(41)35-20-19-23-15-17-26(43-31)18-16-23/h5-20,22,27-31,39H,21H2,1-4H3,(H,35,41)(H,36,42)(H,37,40)/b20-19-/t27-,28+,29+,30-,31+/m0/s1. The molecule has 0 saturated carbocycles. The summed E-state index contributed by atoms with van der Waals surface area (Å²) >= 11 is 0. The Morgan fingerprint density at radius 3 is 2.16 bits per heavy atom. The van der Waals surface area contributed by atoms with Gasteiger partial charge in [-0.25, -0.2) is 0 Å². The molecule has 0 aromatic heterocycles. The van der Waals surface area contributed by atoms with Gasteiger partial charge in [0.05, 0.1) is 6.04 Å². The van der Waals surface area contributed by atoms with E-state index < -0.39 is 42.1 Å². The van der Waals surface area contributed by atoms with Crippen LogP contribution in [0.15, 0.2) is 91.1 Å². The Balaban J connectivity index is 1.72. The third-order valence-electron chi connectivity index (χ3n) is 7.45. The van der Waals surface area contributed by atoms with Crippen molar-refractivity contribution < 1.29 is 24.2 Å². The molecule has 9 heteroatoms. The highest BCUT2D eigenvalue weighted by molar-refractivity contribution is 5.94. The summed E-state index contributed by atoms with van der Waals surface area (Å²) in [5.74, 6) is -1.33. The van der Waals surface area contributed by atoms with E-state index in [4.69, 9.17) is 4.74 Å². The van der Waals surface area contributed by atoms with Crippen molar-refractivity contribution in [2.45, 2.75) is 50.6 Å². The molecule has 2 aliphatic heterocycles. The molecule has 226 valence electrons. The van der Waals surface area contributed by atoms with Crippen molar-refractivity contribution in [3.8, 4) is 5.75 Å². The summed E-state index contributed by atoms with van der Waals surface area (Å²) in [5, 5.41) is 19.6. The van der Waals surface area contributed by atoms with Crippen molar-refractivity contribution in [3.05, 3.63) is 108 Å². The zero-order valence-electron chi connectivity index (χ0n) is 24.9.